The molecule has 19 heavy (non-hydrogen) atoms. The van der Waals surface area contributed by atoms with Crippen LogP contribution in [0.3, 0.4) is 0 Å². The van der Waals surface area contributed by atoms with E-state index >= 15 is 0 Å². The summed E-state index contributed by atoms with van der Waals surface area (Å²) < 4.78 is 26.5. The van der Waals surface area contributed by atoms with Crippen molar-refractivity contribution < 1.29 is 8.42 Å². The summed E-state index contributed by atoms with van der Waals surface area (Å²) in [6.45, 7) is 0.144. The number of hydrogen-bond acceptors (Lipinski definition) is 6. The first-order valence-electron chi connectivity index (χ1n) is 5.24. The summed E-state index contributed by atoms with van der Waals surface area (Å²) in [6, 6.07) is 1.35. The Hall–Kier alpha value is -1.22. The van der Waals surface area contributed by atoms with E-state index in [0.29, 0.717) is 10.8 Å². The van der Waals surface area contributed by atoms with E-state index in [9.17, 15) is 8.42 Å². The Morgan fingerprint density at radius 1 is 1.42 bits per heavy atom. The predicted octanol–water partition coefficient (Wildman–Crippen LogP) is 1.71. The number of anilines is 1. The van der Waals surface area contributed by atoms with Crippen LogP contribution in [0.1, 0.15) is 5.01 Å². The van der Waals surface area contributed by atoms with Crippen LogP contribution in [-0.2, 0) is 16.6 Å². The average molecular weight is 319 g/mol. The van der Waals surface area contributed by atoms with Crippen molar-refractivity contribution in [3.05, 3.63) is 33.9 Å². The molecule has 2 aromatic rings. The largest absolute Gasteiger partial charge is 0.372 e. The Kier molecular flexibility index (Phi) is 4.35. The Morgan fingerprint density at radius 2 is 2.21 bits per heavy atom. The molecule has 0 saturated heterocycles. The van der Waals surface area contributed by atoms with Crippen LogP contribution in [0.5, 0.6) is 0 Å². The smallest absolute Gasteiger partial charge is 0.242 e. The third-order valence-electron chi connectivity index (χ3n) is 2.26. The molecule has 102 valence electrons. The van der Waals surface area contributed by atoms with Gasteiger partial charge in [-0.1, -0.05) is 11.6 Å². The normalized spacial score (nSPS) is 11.5. The number of halogens is 1. The Bertz CT molecular complexity index is 658. The highest BCUT2D eigenvalue weighted by Crippen LogP contribution is 2.22. The maximum Gasteiger partial charge on any atom is 0.242 e. The van der Waals surface area contributed by atoms with Crippen molar-refractivity contribution in [1.29, 1.82) is 0 Å². The van der Waals surface area contributed by atoms with Crippen molar-refractivity contribution in [2.75, 3.05) is 12.4 Å². The lowest BCUT2D eigenvalue weighted by molar-refractivity contribution is 0.580. The maximum atomic E-state index is 12.0. The van der Waals surface area contributed by atoms with Crippen LogP contribution < -0.4 is 10.0 Å². The van der Waals surface area contributed by atoms with Crippen LogP contribution >= 0.6 is 22.9 Å². The van der Waals surface area contributed by atoms with Gasteiger partial charge in [-0.2, -0.15) is 0 Å². The van der Waals surface area contributed by atoms with Crippen LogP contribution in [0.15, 0.2) is 28.7 Å². The maximum absolute atomic E-state index is 12.0. The number of thiazole rings is 1. The number of hydrogen-bond donors (Lipinski definition) is 2. The third-order valence-corrected chi connectivity index (χ3v) is 4.70. The zero-order chi connectivity index (χ0) is 13.9. The topological polar surface area (TPSA) is 84.0 Å². The van der Waals surface area contributed by atoms with E-state index in [0.717, 1.165) is 0 Å². The minimum Gasteiger partial charge on any atom is -0.372 e. The summed E-state index contributed by atoms with van der Waals surface area (Å²) in [5.74, 6) is 0.431. The van der Waals surface area contributed by atoms with E-state index in [1.807, 2.05) is 0 Å². The van der Waals surface area contributed by atoms with E-state index in [4.69, 9.17) is 11.6 Å². The lowest BCUT2D eigenvalue weighted by Crippen LogP contribution is -2.23. The van der Waals surface area contributed by atoms with Gasteiger partial charge in [-0.25, -0.2) is 23.1 Å². The first-order chi connectivity index (χ1) is 9.03. The van der Waals surface area contributed by atoms with Gasteiger partial charge < -0.3 is 5.32 Å². The highest BCUT2D eigenvalue weighted by atomic mass is 35.5. The van der Waals surface area contributed by atoms with Crippen LogP contribution in [0.25, 0.3) is 0 Å². The van der Waals surface area contributed by atoms with Gasteiger partial charge in [0.2, 0.25) is 10.0 Å². The lowest BCUT2D eigenvalue weighted by Gasteiger charge is -2.07. The SMILES string of the molecule is CNc1ncc(S(=O)(=O)NCc2nccs2)cc1Cl. The number of nitrogens with one attached hydrogen (secondary N) is 2. The molecule has 2 aromatic heterocycles. The molecule has 0 bridgehead atoms. The second-order valence-corrected chi connectivity index (χ2v) is 6.66. The molecular formula is C10H11ClN4O2S2. The molecule has 0 spiro atoms. The highest BCUT2D eigenvalue weighted by molar-refractivity contribution is 7.89. The van der Waals surface area contributed by atoms with Crippen LogP contribution in [-0.4, -0.2) is 25.4 Å². The monoisotopic (exact) mass is 318 g/mol. The van der Waals surface area contributed by atoms with Gasteiger partial charge in [0.05, 0.1) is 11.6 Å². The molecule has 9 heteroatoms. The van der Waals surface area contributed by atoms with Gasteiger partial charge >= 0.3 is 0 Å². The first-order valence-corrected chi connectivity index (χ1v) is 7.98. The molecule has 0 radical (unpaired) electrons. The molecule has 2 heterocycles. The fourth-order valence-corrected chi connectivity index (χ4v) is 3.26. The van der Waals surface area contributed by atoms with Crippen LogP contribution in [0.4, 0.5) is 5.82 Å². The van der Waals surface area contributed by atoms with Gasteiger partial charge in [0.1, 0.15) is 15.7 Å². The van der Waals surface area contributed by atoms with Crippen molar-refractivity contribution in [3.8, 4) is 0 Å². The van der Waals surface area contributed by atoms with Gasteiger partial charge in [-0.15, -0.1) is 11.3 Å². The summed E-state index contributed by atoms with van der Waals surface area (Å²) in [4.78, 5) is 7.95. The highest BCUT2D eigenvalue weighted by Gasteiger charge is 2.16. The van der Waals surface area contributed by atoms with E-state index < -0.39 is 10.0 Å². The van der Waals surface area contributed by atoms with Gasteiger partial charge in [-0.05, 0) is 6.07 Å². The van der Waals surface area contributed by atoms with Gasteiger partial charge in [-0.3, -0.25) is 0 Å². The zero-order valence-corrected chi connectivity index (χ0v) is 12.3. The minimum atomic E-state index is -3.64. The summed E-state index contributed by atoms with van der Waals surface area (Å²) in [7, 11) is -1.99. The van der Waals surface area contributed by atoms with Crippen molar-refractivity contribution in [2.45, 2.75) is 11.4 Å². The van der Waals surface area contributed by atoms with Gasteiger partial charge in [0.25, 0.3) is 0 Å². The Balaban J connectivity index is 2.17. The van der Waals surface area contributed by atoms with E-state index in [1.165, 1.54) is 23.6 Å². The number of aromatic nitrogens is 2. The predicted molar refractivity (Wildman–Crippen MR) is 74.9 cm³/mol. The molecule has 6 nitrogen and oxygen atoms in total. The molecule has 0 aliphatic rings. The second-order valence-electron chi connectivity index (χ2n) is 3.50. The summed E-state index contributed by atoms with van der Waals surface area (Å²) in [5, 5.41) is 5.48. The molecular weight excluding hydrogens is 308 g/mol. The fraction of sp³-hybridized carbons (Fsp3) is 0.200. The molecule has 0 aliphatic heterocycles. The molecule has 0 unspecified atom stereocenters. The van der Waals surface area contributed by atoms with Crippen molar-refractivity contribution in [3.63, 3.8) is 0 Å². The molecule has 0 atom stereocenters. The minimum absolute atomic E-state index is 0.0213. The summed E-state index contributed by atoms with van der Waals surface area (Å²) in [5.41, 5.74) is 0. The number of sulfonamides is 1. The van der Waals surface area contributed by atoms with Crippen LogP contribution in [0, 0.1) is 0 Å². The third kappa shape index (κ3) is 3.41. The lowest BCUT2D eigenvalue weighted by atomic mass is 10.4. The Morgan fingerprint density at radius 3 is 2.79 bits per heavy atom. The van der Waals surface area contributed by atoms with E-state index in [2.05, 4.69) is 20.0 Å². The zero-order valence-electron chi connectivity index (χ0n) is 9.92. The average Bonchev–Trinajstić information content (AvgIpc) is 2.89. The number of rotatable bonds is 5. The molecule has 0 aromatic carbocycles. The molecule has 0 amide bonds. The quantitative estimate of drug-likeness (QED) is 0.877. The number of nitrogens with zero attached hydrogens (tertiary/aromatic N) is 2. The summed E-state index contributed by atoms with van der Waals surface area (Å²) >= 11 is 7.29. The van der Waals surface area contributed by atoms with E-state index in [-0.39, 0.29) is 16.5 Å². The molecule has 0 fully saturated rings. The fourth-order valence-electron chi connectivity index (χ4n) is 1.33. The molecule has 2 rings (SSSR count). The Labute approximate surface area is 119 Å². The second kappa shape index (κ2) is 5.83. The molecule has 0 saturated carbocycles. The van der Waals surface area contributed by atoms with E-state index in [1.54, 1.807) is 18.6 Å². The van der Waals surface area contributed by atoms with Crippen molar-refractivity contribution in [2.24, 2.45) is 0 Å². The first kappa shape index (κ1) is 14.2. The summed E-state index contributed by atoms with van der Waals surface area (Å²) in [6.07, 6.45) is 2.87. The van der Waals surface area contributed by atoms with Gasteiger partial charge in [0.15, 0.2) is 0 Å². The van der Waals surface area contributed by atoms with Crippen molar-refractivity contribution >= 4 is 38.8 Å². The van der Waals surface area contributed by atoms with Crippen LogP contribution in [0.2, 0.25) is 5.02 Å². The number of pyridine rings is 1. The molecule has 0 aliphatic carbocycles. The van der Waals surface area contributed by atoms with Gasteiger partial charge in [0, 0.05) is 24.8 Å². The van der Waals surface area contributed by atoms with Crippen molar-refractivity contribution in [1.82, 2.24) is 14.7 Å². The standard InChI is InChI=1S/C10H11ClN4O2S2/c1-12-10-8(11)4-7(5-14-10)19(16,17)15-6-9-13-2-3-18-9/h2-5,15H,6H2,1H3,(H,12,14). The molecule has 2 N–H and O–H groups in total.